The maximum Gasteiger partial charge on any atom is 0.164 e. The number of para-hydroxylation sites is 2. The van der Waals surface area contributed by atoms with Gasteiger partial charge in [-0.15, -0.1) is 0 Å². The molecule has 0 bridgehead atoms. The summed E-state index contributed by atoms with van der Waals surface area (Å²) < 4.78 is 12.9. The highest BCUT2D eigenvalue weighted by Gasteiger charge is 2.22. The molecule has 0 amide bonds. The van der Waals surface area contributed by atoms with Gasteiger partial charge in [-0.2, -0.15) is 0 Å². The fraction of sp³-hybridized carbons (Fsp3) is 0.0377. The molecule has 0 aliphatic heterocycles. The van der Waals surface area contributed by atoms with E-state index in [-0.39, 0.29) is 0 Å². The number of aryl methyl sites for hydroxylation is 1. The quantitative estimate of drug-likeness (QED) is 0.176. The summed E-state index contributed by atoms with van der Waals surface area (Å²) in [7, 11) is 0. The second kappa shape index (κ2) is 13.0. The fourth-order valence-electron chi connectivity index (χ4n) is 8.96. The van der Waals surface area contributed by atoms with Crippen molar-refractivity contribution in [1.29, 1.82) is 0 Å². The molecule has 5 heteroatoms. The Bertz CT molecular complexity index is 3470. The average molecular weight is 744 g/mol. The Kier molecular flexibility index (Phi) is 7.29. The number of hydrogen-bond donors (Lipinski definition) is 0. The summed E-state index contributed by atoms with van der Waals surface area (Å²) in [5.41, 5.74) is 13.4. The predicted octanol–water partition coefficient (Wildman–Crippen LogP) is 14.1. The Morgan fingerprint density at radius 1 is 0.379 bits per heavy atom. The summed E-state index contributed by atoms with van der Waals surface area (Å²) in [6, 6.07) is 56.9. The summed E-state index contributed by atoms with van der Waals surface area (Å²) in [5, 5.41) is 6.36. The second-order valence-electron chi connectivity index (χ2n) is 15.0. The van der Waals surface area contributed by atoms with Crippen LogP contribution in [0.15, 0.2) is 179 Å². The number of rotatable bonds is 5. The second-order valence-corrected chi connectivity index (χ2v) is 15.0. The van der Waals surface area contributed by atoms with Crippen molar-refractivity contribution in [3.63, 3.8) is 0 Å². The van der Waals surface area contributed by atoms with E-state index in [4.69, 9.17) is 23.8 Å². The molecule has 5 nitrogen and oxygen atoms in total. The first-order valence-corrected chi connectivity index (χ1v) is 19.7. The van der Waals surface area contributed by atoms with Gasteiger partial charge in [0, 0.05) is 38.2 Å². The molecule has 8 aromatic carbocycles. The van der Waals surface area contributed by atoms with Gasteiger partial charge in [-0.3, -0.25) is 0 Å². The molecule has 12 rings (SSSR count). The zero-order valence-corrected chi connectivity index (χ0v) is 31.3. The van der Waals surface area contributed by atoms with E-state index in [2.05, 4.69) is 109 Å². The molecule has 3 heterocycles. The molecule has 272 valence electrons. The fourth-order valence-corrected chi connectivity index (χ4v) is 8.96. The number of benzene rings is 8. The molecule has 11 aromatic rings. The Morgan fingerprint density at radius 2 is 0.966 bits per heavy atom. The molecule has 0 spiro atoms. The van der Waals surface area contributed by atoms with Crippen molar-refractivity contribution in [2.75, 3.05) is 0 Å². The highest BCUT2D eigenvalue weighted by Crippen LogP contribution is 2.45. The normalized spacial score (nSPS) is 12.6. The smallest absolute Gasteiger partial charge is 0.164 e. The standard InChI is InChI=1S/C53H33N3O2/c1-2-15-33(16-3-1)51-54-52(56-53(55-51)43-24-13-27-47-49(43)41-21-8-10-25-45(41)57-47)40-29-28-39(37-19-6-7-20-38(37)40)44-30-34(36-23-12-17-32-14-4-5-18-35(32)36)31-48-50(44)42-22-9-11-26-46(42)58-48/h1-3,5-13,15-31H,4,14H2. The summed E-state index contributed by atoms with van der Waals surface area (Å²) in [6.07, 6.45) is 6.67. The van der Waals surface area contributed by atoms with Gasteiger partial charge in [0.2, 0.25) is 0 Å². The third-order valence-corrected chi connectivity index (χ3v) is 11.6. The van der Waals surface area contributed by atoms with E-state index in [9.17, 15) is 0 Å². The van der Waals surface area contributed by atoms with Crippen LogP contribution in [-0.4, -0.2) is 15.0 Å². The molecule has 0 atom stereocenters. The minimum atomic E-state index is 0.591. The van der Waals surface area contributed by atoms with Gasteiger partial charge in [0.25, 0.3) is 0 Å². The van der Waals surface area contributed by atoms with Crippen LogP contribution in [0.5, 0.6) is 0 Å². The molecule has 1 aliphatic carbocycles. The molecule has 1 aliphatic rings. The zero-order valence-electron chi connectivity index (χ0n) is 31.3. The van der Waals surface area contributed by atoms with Crippen molar-refractivity contribution in [3.05, 3.63) is 181 Å². The van der Waals surface area contributed by atoms with Crippen molar-refractivity contribution in [1.82, 2.24) is 15.0 Å². The maximum atomic E-state index is 6.64. The topological polar surface area (TPSA) is 65.0 Å². The number of aromatic nitrogens is 3. The molecule has 0 saturated heterocycles. The molecule has 0 fully saturated rings. The Balaban J connectivity index is 1.11. The maximum absolute atomic E-state index is 6.64. The molecular weight excluding hydrogens is 711 g/mol. The van der Waals surface area contributed by atoms with Crippen LogP contribution in [0.4, 0.5) is 0 Å². The summed E-state index contributed by atoms with van der Waals surface area (Å²) in [4.78, 5) is 15.6. The number of furan rings is 2. The van der Waals surface area contributed by atoms with Crippen molar-refractivity contribution >= 4 is 60.7 Å². The summed E-state index contributed by atoms with van der Waals surface area (Å²) in [6.45, 7) is 0. The van der Waals surface area contributed by atoms with Crippen LogP contribution in [0.2, 0.25) is 0 Å². The molecule has 3 aromatic heterocycles. The first-order chi connectivity index (χ1) is 28.7. The van der Waals surface area contributed by atoms with Crippen LogP contribution in [0.1, 0.15) is 17.5 Å². The van der Waals surface area contributed by atoms with Crippen molar-refractivity contribution < 1.29 is 8.83 Å². The van der Waals surface area contributed by atoms with E-state index in [1.54, 1.807) is 0 Å². The van der Waals surface area contributed by atoms with Gasteiger partial charge in [-0.1, -0.05) is 140 Å². The van der Waals surface area contributed by atoms with Crippen LogP contribution >= 0.6 is 0 Å². The van der Waals surface area contributed by atoms with Gasteiger partial charge >= 0.3 is 0 Å². The van der Waals surface area contributed by atoms with Crippen LogP contribution in [-0.2, 0) is 6.42 Å². The average Bonchev–Trinajstić information content (AvgIpc) is 3.87. The first kappa shape index (κ1) is 32.6. The van der Waals surface area contributed by atoms with E-state index in [1.807, 2.05) is 66.7 Å². The lowest BCUT2D eigenvalue weighted by Gasteiger charge is -2.17. The van der Waals surface area contributed by atoms with Crippen LogP contribution < -0.4 is 0 Å². The van der Waals surface area contributed by atoms with Crippen LogP contribution in [0.3, 0.4) is 0 Å². The lowest BCUT2D eigenvalue weighted by molar-refractivity contribution is 0.668. The third kappa shape index (κ3) is 5.14. The molecule has 0 N–H and O–H groups in total. The van der Waals surface area contributed by atoms with Gasteiger partial charge in [-0.05, 0) is 93.4 Å². The summed E-state index contributed by atoms with van der Waals surface area (Å²) >= 11 is 0. The van der Waals surface area contributed by atoms with Gasteiger partial charge < -0.3 is 8.83 Å². The molecule has 58 heavy (non-hydrogen) atoms. The monoisotopic (exact) mass is 743 g/mol. The van der Waals surface area contributed by atoms with Gasteiger partial charge in [0.05, 0.1) is 0 Å². The molecular formula is C53H33N3O2. The van der Waals surface area contributed by atoms with Crippen molar-refractivity contribution in [2.24, 2.45) is 0 Å². The molecule has 0 unspecified atom stereocenters. The largest absolute Gasteiger partial charge is 0.456 e. The highest BCUT2D eigenvalue weighted by atomic mass is 16.3. The first-order valence-electron chi connectivity index (χ1n) is 19.7. The Hall–Kier alpha value is -7.63. The minimum absolute atomic E-state index is 0.591. The SMILES string of the molecule is C1=Cc2c(cccc2-c2cc(-c3ccc(-c4nc(-c5ccccc5)nc(-c5cccc6oc7ccccc7c56)n4)c4ccccc34)c3c(c2)oc2ccccc23)CC1. The van der Waals surface area contributed by atoms with E-state index < -0.39 is 0 Å². The molecule has 0 saturated carbocycles. The van der Waals surface area contributed by atoms with Gasteiger partial charge in [0.15, 0.2) is 17.5 Å². The van der Waals surface area contributed by atoms with Crippen LogP contribution in [0.25, 0.3) is 117 Å². The number of nitrogens with zero attached hydrogens (tertiary/aromatic N) is 3. The minimum Gasteiger partial charge on any atom is -0.456 e. The van der Waals surface area contributed by atoms with Crippen molar-refractivity contribution in [3.8, 4) is 56.4 Å². The number of hydrogen-bond acceptors (Lipinski definition) is 5. The highest BCUT2D eigenvalue weighted by molar-refractivity contribution is 6.18. The number of allylic oxidation sites excluding steroid dienone is 1. The lowest BCUT2D eigenvalue weighted by atomic mass is 9.87. The predicted molar refractivity (Wildman–Crippen MR) is 236 cm³/mol. The van der Waals surface area contributed by atoms with E-state index in [0.29, 0.717) is 17.5 Å². The Morgan fingerprint density at radius 3 is 1.76 bits per heavy atom. The van der Waals surface area contributed by atoms with Gasteiger partial charge in [-0.25, -0.2) is 15.0 Å². The summed E-state index contributed by atoms with van der Waals surface area (Å²) in [5.74, 6) is 1.80. The Labute approximate surface area is 333 Å². The van der Waals surface area contributed by atoms with Gasteiger partial charge in [0.1, 0.15) is 22.3 Å². The van der Waals surface area contributed by atoms with E-state index in [0.717, 1.165) is 101 Å². The van der Waals surface area contributed by atoms with E-state index >= 15 is 0 Å². The van der Waals surface area contributed by atoms with E-state index in [1.165, 1.54) is 16.7 Å². The third-order valence-electron chi connectivity index (χ3n) is 11.6. The van der Waals surface area contributed by atoms with Crippen LogP contribution in [0, 0.1) is 0 Å². The van der Waals surface area contributed by atoms with Crippen molar-refractivity contribution in [2.45, 2.75) is 12.8 Å². The lowest BCUT2D eigenvalue weighted by Crippen LogP contribution is -2.01. The number of fused-ring (bicyclic) bond motifs is 8. The zero-order chi connectivity index (χ0) is 38.2. The molecule has 0 radical (unpaired) electrons.